The number of hydrogen-bond donors (Lipinski definition) is 1. The number of benzene rings is 2. The smallest absolute Gasteiger partial charge is 0.266 e. The molecule has 4 rings (SSSR count). The Morgan fingerprint density at radius 2 is 1.77 bits per heavy atom. The number of aromatic nitrogens is 4. The third kappa shape index (κ3) is 4.57. The van der Waals surface area contributed by atoms with Crippen molar-refractivity contribution >= 4 is 17.4 Å². The maximum absolute atomic E-state index is 11.8. The molecule has 0 aliphatic rings. The first kappa shape index (κ1) is 20.2. The van der Waals surface area contributed by atoms with Crippen molar-refractivity contribution in [1.29, 1.82) is 0 Å². The van der Waals surface area contributed by atoms with Crippen LogP contribution in [0.15, 0.2) is 70.6 Å². The van der Waals surface area contributed by atoms with E-state index in [-0.39, 0.29) is 11.0 Å². The van der Waals surface area contributed by atoms with Crippen LogP contribution in [0.4, 0.5) is 0 Å². The van der Waals surface area contributed by atoms with Crippen LogP contribution in [0.2, 0.25) is 0 Å². The second-order valence-electron chi connectivity index (χ2n) is 7.98. The minimum absolute atomic E-state index is 0.122. The Kier molecular flexibility index (Phi) is 5.63. The zero-order valence-electron chi connectivity index (χ0n) is 17.3. The molecule has 0 spiro atoms. The molecule has 154 valence electrons. The molecule has 30 heavy (non-hydrogen) atoms. The standard InChI is InChI=1S/C23H24N4O2S/c1-23(2,3)17-9-11-18(12-10-17)29-13-14-30-22-25-21(16-7-5-4-6-8-16)24-19-15-20(28)26-27(19)22/h4-12,15H,13-14H2,1-3H3,(H,26,28). The van der Waals surface area contributed by atoms with Gasteiger partial charge in [0.25, 0.3) is 5.56 Å². The van der Waals surface area contributed by atoms with Crippen molar-refractivity contribution < 1.29 is 4.74 Å². The summed E-state index contributed by atoms with van der Waals surface area (Å²) in [7, 11) is 0. The van der Waals surface area contributed by atoms with Gasteiger partial charge >= 0.3 is 0 Å². The number of rotatable bonds is 6. The second kappa shape index (κ2) is 8.36. The lowest BCUT2D eigenvalue weighted by molar-refractivity contribution is 0.343. The number of thioether (sulfide) groups is 1. The fourth-order valence-corrected chi connectivity index (χ4v) is 3.81. The number of ether oxygens (including phenoxy) is 1. The van der Waals surface area contributed by atoms with E-state index >= 15 is 0 Å². The number of aromatic amines is 1. The predicted molar refractivity (Wildman–Crippen MR) is 120 cm³/mol. The van der Waals surface area contributed by atoms with E-state index in [1.807, 2.05) is 42.5 Å². The van der Waals surface area contributed by atoms with E-state index in [1.54, 1.807) is 4.52 Å². The first-order valence-electron chi connectivity index (χ1n) is 9.81. The lowest BCUT2D eigenvalue weighted by Gasteiger charge is -2.19. The maximum atomic E-state index is 11.8. The Morgan fingerprint density at radius 3 is 2.47 bits per heavy atom. The van der Waals surface area contributed by atoms with E-state index in [4.69, 9.17) is 4.74 Å². The van der Waals surface area contributed by atoms with Gasteiger partial charge in [0.15, 0.2) is 16.6 Å². The lowest BCUT2D eigenvalue weighted by atomic mass is 9.87. The summed E-state index contributed by atoms with van der Waals surface area (Å²) in [5.74, 6) is 2.12. The van der Waals surface area contributed by atoms with Crippen molar-refractivity contribution in [2.45, 2.75) is 31.3 Å². The van der Waals surface area contributed by atoms with Gasteiger partial charge < -0.3 is 4.74 Å². The molecule has 4 aromatic rings. The van der Waals surface area contributed by atoms with Crippen LogP contribution in [0.3, 0.4) is 0 Å². The highest BCUT2D eigenvalue weighted by atomic mass is 32.2. The van der Waals surface area contributed by atoms with E-state index in [0.717, 1.165) is 11.3 Å². The van der Waals surface area contributed by atoms with Crippen LogP contribution < -0.4 is 10.3 Å². The lowest BCUT2D eigenvalue weighted by Crippen LogP contribution is -2.10. The van der Waals surface area contributed by atoms with E-state index in [2.05, 4.69) is 48.0 Å². The van der Waals surface area contributed by atoms with Crippen molar-refractivity contribution in [3.63, 3.8) is 0 Å². The molecule has 1 N–H and O–H groups in total. The second-order valence-corrected chi connectivity index (χ2v) is 9.04. The third-order valence-corrected chi connectivity index (χ3v) is 5.56. The van der Waals surface area contributed by atoms with E-state index in [9.17, 15) is 4.79 Å². The molecule has 2 aromatic carbocycles. The Labute approximate surface area is 179 Å². The first-order chi connectivity index (χ1) is 14.4. The van der Waals surface area contributed by atoms with Gasteiger partial charge in [-0.25, -0.2) is 14.5 Å². The van der Waals surface area contributed by atoms with Crippen LogP contribution in [0, 0.1) is 0 Å². The van der Waals surface area contributed by atoms with Gasteiger partial charge in [-0.15, -0.1) is 0 Å². The Balaban J connectivity index is 1.46. The van der Waals surface area contributed by atoms with Crippen LogP contribution in [0.1, 0.15) is 26.3 Å². The fraction of sp³-hybridized carbons (Fsp3) is 0.261. The Hall–Kier alpha value is -3.06. The molecule has 2 heterocycles. The van der Waals surface area contributed by atoms with E-state index in [0.29, 0.717) is 29.0 Å². The molecule has 0 radical (unpaired) electrons. The van der Waals surface area contributed by atoms with Crippen LogP contribution in [0.25, 0.3) is 17.0 Å². The highest BCUT2D eigenvalue weighted by Gasteiger charge is 2.13. The minimum Gasteiger partial charge on any atom is -0.493 e. The van der Waals surface area contributed by atoms with Crippen LogP contribution >= 0.6 is 11.8 Å². The topological polar surface area (TPSA) is 72.3 Å². The summed E-state index contributed by atoms with van der Waals surface area (Å²) in [6.45, 7) is 7.10. The van der Waals surface area contributed by atoms with Gasteiger partial charge in [0.05, 0.1) is 6.61 Å². The monoisotopic (exact) mass is 420 g/mol. The molecule has 0 aliphatic carbocycles. The first-order valence-corrected chi connectivity index (χ1v) is 10.8. The van der Waals surface area contributed by atoms with Gasteiger partial charge in [-0.2, -0.15) is 0 Å². The average molecular weight is 421 g/mol. The third-order valence-electron chi connectivity index (χ3n) is 4.66. The van der Waals surface area contributed by atoms with Crippen molar-refractivity contribution in [2.24, 2.45) is 0 Å². The summed E-state index contributed by atoms with van der Waals surface area (Å²) in [6, 6.07) is 19.4. The number of nitrogens with zero attached hydrogens (tertiary/aromatic N) is 3. The molecular weight excluding hydrogens is 396 g/mol. The van der Waals surface area contributed by atoms with Gasteiger partial charge in [-0.3, -0.25) is 9.89 Å². The molecule has 0 unspecified atom stereocenters. The number of H-pyrrole nitrogens is 1. The van der Waals surface area contributed by atoms with Crippen molar-refractivity contribution in [3.05, 3.63) is 76.6 Å². The number of nitrogens with one attached hydrogen (secondary N) is 1. The Bertz CT molecular complexity index is 1190. The summed E-state index contributed by atoms with van der Waals surface area (Å²) in [5, 5.41) is 3.43. The molecule has 2 aromatic heterocycles. The van der Waals surface area contributed by atoms with Crippen LogP contribution in [0.5, 0.6) is 5.75 Å². The quantitative estimate of drug-likeness (QED) is 0.366. The SMILES string of the molecule is CC(C)(C)c1ccc(OCCSc2nc(-c3ccccc3)nc3cc(=O)[nH]n23)cc1. The Morgan fingerprint density at radius 1 is 1.03 bits per heavy atom. The minimum atomic E-state index is -0.202. The zero-order valence-corrected chi connectivity index (χ0v) is 18.1. The highest BCUT2D eigenvalue weighted by Crippen LogP contribution is 2.25. The van der Waals surface area contributed by atoms with Gasteiger partial charge in [0, 0.05) is 17.4 Å². The van der Waals surface area contributed by atoms with Gasteiger partial charge in [0.2, 0.25) is 0 Å². The molecule has 0 fully saturated rings. The summed E-state index contributed by atoms with van der Waals surface area (Å²) in [5.41, 5.74) is 2.65. The molecule has 0 saturated heterocycles. The van der Waals surface area contributed by atoms with Gasteiger partial charge in [-0.1, -0.05) is 75.0 Å². The van der Waals surface area contributed by atoms with Crippen LogP contribution in [-0.2, 0) is 5.41 Å². The van der Waals surface area contributed by atoms with E-state index < -0.39 is 0 Å². The average Bonchev–Trinajstić information content (AvgIpc) is 3.11. The summed E-state index contributed by atoms with van der Waals surface area (Å²) in [6.07, 6.45) is 0. The van der Waals surface area contributed by atoms with Crippen molar-refractivity contribution in [3.8, 4) is 17.1 Å². The molecule has 0 aliphatic heterocycles. The molecule has 0 atom stereocenters. The number of fused-ring (bicyclic) bond motifs is 1. The molecule has 7 heteroatoms. The van der Waals surface area contributed by atoms with Crippen molar-refractivity contribution in [1.82, 2.24) is 19.6 Å². The molecular formula is C23H24N4O2S. The van der Waals surface area contributed by atoms with Gasteiger partial charge in [0.1, 0.15) is 5.75 Å². The largest absolute Gasteiger partial charge is 0.493 e. The van der Waals surface area contributed by atoms with Gasteiger partial charge in [-0.05, 0) is 23.1 Å². The predicted octanol–water partition coefficient (Wildman–Crippen LogP) is 4.55. The fourth-order valence-electron chi connectivity index (χ4n) is 3.04. The molecule has 0 saturated carbocycles. The van der Waals surface area contributed by atoms with Crippen LogP contribution in [-0.4, -0.2) is 31.9 Å². The highest BCUT2D eigenvalue weighted by molar-refractivity contribution is 7.99. The summed E-state index contributed by atoms with van der Waals surface area (Å²) < 4.78 is 7.50. The molecule has 0 amide bonds. The zero-order chi connectivity index (χ0) is 21.1. The summed E-state index contributed by atoms with van der Waals surface area (Å²) >= 11 is 1.52. The normalized spacial score (nSPS) is 11.7. The van der Waals surface area contributed by atoms with Crippen molar-refractivity contribution in [2.75, 3.05) is 12.4 Å². The molecule has 6 nitrogen and oxygen atoms in total. The summed E-state index contributed by atoms with van der Waals surface area (Å²) in [4.78, 5) is 21.0. The molecule has 0 bridgehead atoms. The number of hydrogen-bond acceptors (Lipinski definition) is 5. The maximum Gasteiger partial charge on any atom is 0.266 e. The van der Waals surface area contributed by atoms with E-state index in [1.165, 1.54) is 23.4 Å².